The number of carbonyl (C=O) groups is 2. The maximum Gasteiger partial charge on any atom is 0.308 e. The maximum absolute atomic E-state index is 13.6. The van der Waals surface area contributed by atoms with Crippen molar-refractivity contribution in [2.24, 2.45) is 23.7 Å². The van der Waals surface area contributed by atoms with Crippen LogP contribution in [0.5, 0.6) is 0 Å². The number of terminal acetylenes is 1. The Labute approximate surface area is 310 Å². The quantitative estimate of drug-likeness (QED) is 0.197. The highest BCUT2D eigenvalue weighted by atomic mass is 16.7. The van der Waals surface area contributed by atoms with Crippen LogP contribution in [-0.2, 0) is 30.3 Å². The molecule has 52 heavy (non-hydrogen) atoms. The van der Waals surface area contributed by atoms with E-state index in [-0.39, 0.29) is 24.7 Å². The first kappa shape index (κ1) is 43.5. The Morgan fingerprint density at radius 2 is 1.73 bits per heavy atom. The summed E-state index contributed by atoms with van der Waals surface area (Å²) < 4.78 is 18.6. The number of ether oxygens (including phenoxy) is 3. The molecule has 1 saturated heterocycles. The third kappa shape index (κ3) is 12.3. The SMILES string of the molecule is C#CCN(CC[C@H]1C[C@@H](C)C(=O)/C=C/C(C)=C/[C@H](CO)[C@@H](CC)OC(=O)C[C@@H](O)[C@H](C)[C@H]1O[C@@H]1O[C@H](C)C(O)C(N(C)C)C1O)Cc1ccccc1. The monoisotopic (exact) mass is 726 g/mol. The van der Waals surface area contributed by atoms with Crippen molar-refractivity contribution in [3.8, 4) is 12.3 Å². The van der Waals surface area contributed by atoms with E-state index in [2.05, 4.69) is 10.8 Å². The van der Waals surface area contributed by atoms with Gasteiger partial charge in [0, 0.05) is 24.3 Å². The van der Waals surface area contributed by atoms with Crippen molar-refractivity contribution in [3.05, 3.63) is 59.7 Å². The summed E-state index contributed by atoms with van der Waals surface area (Å²) in [5.41, 5.74) is 1.84. The number of likely N-dealkylation sites (N-methyl/N-ethyl adjacent to an activating group) is 1. The zero-order valence-electron chi connectivity index (χ0n) is 32.0. The van der Waals surface area contributed by atoms with Crippen LogP contribution in [-0.4, -0.2) is 125 Å². The van der Waals surface area contributed by atoms with Crippen LogP contribution in [0.2, 0.25) is 0 Å². The molecule has 0 amide bonds. The van der Waals surface area contributed by atoms with Gasteiger partial charge in [0.2, 0.25) is 0 Å². The molecular formula is C41H62N2O9. The molecule has 290 valence electrons. The number of carbonyl (C=O) groups excluding carboxylic acids is 2. The second-order valence-electron chi connectivity index (χ2n) is 14.9. The molecule has 2 aliphatic rings. The van der Waals surface area contributed by atoms with Crippen LogP contribution in [0.25, 0.3) is 0 Å². The van der Waals surface area contributed by atoms with Crippen molar-refractivity contribution in [1.82, 2.24) is 9.80 Å². The molecule has 1 aromatic carbocycles. The predicted octanol–water partition coefficient (Wildman–Crippen LogP) is 3.34. The fourth-order valence-electron chi connectivity index (χ4n) is 7.39. The minimum Gasteiger partial charge on any atom is -0.462 e. The molecular weight excluding hydrogens is 664 g/mol. The summed E-state index contributed by atoms with van der Waals surface area (Å²) in [4.78, 5) is 30.8. The van der Waals surface area contributed by atoms with E-state index in [1.54, 1.807) is 45.0 Å². The molecule has 0 spiro atoms. The molecule has 0 bridgehead atoms. The van der Waals surface area contributed by atoms with Gasteiger partial charge < -0.3 is 39.5 Å². The van der Waals surface area contributed by atoms with E-state index in [4.69, 9.17) is 20.6 Å². The highest BCUT2D eigenvalue weighted by molar-refractivity contribution is 5.91. The van der Waals surface area contributed by atoms with Crippen molar-refractivity contribution in [2.75, 3.05) is 33.8 Å². The van der Waals surface area contributed by atoms with Gasteiger partial charge in [0.25, 0.3) is 0 Å². The molecule has 3 rings (SSSR count). The minimum absolute atomic E-state index is 0.0982. The number of rotatable bonds is 11. The summed E-state index contributed by atoms with van der Waals surface area (Å²) in [5.74, 6) is 0.0335. The van der Waals surface area contributed by atoms with Crippen LogP contribution < -0.4 is 0 Å². The number of aliphatic hydroxyl groups is 4. The minimum atomic E-state index is -1.25. The number of hydrogen-bond acceptors (Lipinski definition) is 11. The summed E-state index contributed by atoms with van der Waals surface area (Å²) in [6.07, 6.45) is 5.07. The van der Waals surface area contributed by atoms with Crippen LogP contribution in [0.3, 0.4) is 0 Å². The van der Waals surface area contributed by atoms with E-state index in [1.807, 2.05) is 51.1 Å². The van der Waals surface area contributed by atoms with Gasteiger partial charge in [0.1, 0.15) is 12.2 Å². The average Bonchev–Trinajstić information content (AvgIpc) is 3.11. The molecule has 1 fully saturated rings. The number of esters is 1. The van der Waals surface area contributed by atoms with Gasteiger partial charge in [0.05, 0.1) is 50.0 Å². The number of hydrogen-bond donors (Lipinski definition) is 4. The van der Waals surface area contributed by atoms with Gasteiger partial charge in [-0.15, -0.1) is 6.42 Å². The van der Waals surface area contributed by atoms with Gasteiger partial charge in [-0.2, -0.15) is 0 Å². The van der Waals surface area contributed by atoms with Gasteiger partial charge in [-0.1, -0.05) is 74.7 Å². The fraction of sp³-hybridized carbons (Fsp3) is 0.659. The lowest BCUT2D eigenvalue weighted by molar-refractivity contribution is -0.304. The first-order chi connectivity index (χ1) is 24.7. The molecule has 12 atom stereocenters. The van der Waals surface area contributed by atoms with Gasteiger partial charge >= 0.3 is 5.97 Å². The number of nitrogens with zero attached hydrogens (tertiary/aromatic N) is 2. The lowest BCUT2D eigenvalue weighted by atomic mass is 9.79. The fourth-order valence-corrected chi connectivity index (χ4v) is 7.39. The zero-order valence-corrected chi connectivity index (χ0v) is 32.0. The Morgan fingerprint density at radius 3 is 2.35 bits per heavy atom. The second-order valence-corrected chi connectivity index (χ2v) is 14.9. The number of aliphatic hydroxyl groups excluding tert-OH is 4. The van der Waals surface area contributed by atoms with Crippen LogP contribution >= 0.6 is 0 Å². The van der Waals surface area contributed by atoms with Crippen molar-refractivity contribution < 1.29 is 44.2 Å². The lowest BCUT2D eigenvalue weighted by Gasteiger charge is -2.46. The first-order valence-corrected chi connectivity index (χ1v) is 18.6. The van der Waals surface area contributed by atoms with Crippen molar-refractivity contribution in [2.45, 2.75) is 116 Å². The summed E-state index contributed by atoms with van der Waals surface area (Å²) in [5, 5.41) is 44.2. The molecule has 0 saturated carbocycles. The molecule has 2 heterocycles. The molecule has 2 aliphatic heterocycles. The maximum atomic E-state index is 13.6. The van der Waals surface area contributed by atoms with Crippen LogP contribution in [0.1, 0.15) is 65.9 Å². The Bertz CT molecular complexity index is 1360. The van der Waals surface area contributed by atoms with E-state index in [1.165, 1.54) is 6.08 Å². The number of ketones is 1. The normalized spacial score (nSPS) is 35.8. The first-order valence-electron chi connectivity index (χ1n) is 18.6. The summed E-state index contributed by atoms with van der Waals surface area (Å²) >= 11 is 0. The Balaban J connectivity index is 2.08. The standard InChI is InChI=1S/C41H62N2O9/c1-9-19-43(24-30-14-12-11-13-15-30)20-18-31-22-27(4)33(45)17-16-26(3)21-32(25-44)35(10-2)51-36(47)23-34(46)28(5)40(31)52-41-39(49)37(42(7)8)38(48)29(6)50-41/h1,11-17,21,27-29,31-32,34-35,37-41,44,46,48-49H,10,18-20,22-25H2,2-8H3/b17-16+,26-21+/t27-,28+,29-,31+,32-,34-,35-,37?,38?,39?,40-,41+/m1/s1. The lowest BCUT2D eigenvalue weighted by Crippen LogP contribution is -2.63. The van der Waals surface area contributed by atoms with E-state index >= 15 is 0 Å². The molecule has 0 radical (unpaired) electrons. The summed E-state index contributed by atoms with van der Waals surface area (Å²) in [6, 6.07) is 9.28. The summed E-state index contributed by atoms with van der Waals surface area (Å²) in [6.45, 7) is 10.3. The van der Waals surface area contributed by atoms with Crippen molar-refractivity contribution in [3.63, 3.8) is 0 Å². The zero-order chi connectivity index (χ0) is 38.5. The van der Waals surface area contributed by atoms with E-state index in [9.17, 15) is 30.0 Å². The third-order valence-electron chi connectivity index (χ3n) is 10.5. The van der Waals surface area contributed by atoms with E-state index in [0.29, 0.717) is 38.9 Å². The highest BCUT2D eigenvalue weighted by Crippen LogP contribution is 2.35. The largest absolute Gasteiger partial charge is 0.462 e. The number of cyclic esters (lactones) is 1. The molecule has 11 heteroatoms. The van der Waals surface area contributed by atoms with E-state index in [0.717, 1.165) is 11.1 Å². The Hall–Kier alpha value is -2.92. The van der Waals surface area contributed by atoms with Gasteiger partial charge in [-0.05, 0) is 71.3 Å². The number of allylic oxidation sites excluding steroid dienone is 3. The van der Waals surface area contributed by atoms with Crippen molar-refractivity contribution >= 4 is 11.8 Å². The number of benzene rings is 1. The van der Waals surface area contributed by atoms with Gasteiger partial charge in [-0.25, -0.2) is 0 Å². The van der Waals surface area contributed by atoms with Crippen LogP contribution in [0.15, 0.2) is 54.1 Å². The Morgan fingerprint density at radius 1 is 1.04 bits per heavy atom. The van der Waals surface area contributed by atoms with Gasteiger partial charge in [0.15, 0.2) is 12.1 Å². The molecule has 4 N–H and O–H groups in total. The second kappa shape index (κ2) is 21.1. The molecule has 11 nitrogen and oxygen atoms in total. The summed E-state index contributed by atoms with van der Waals surface area (Å²) in [7, 11) is 3.52. The topological polar surface area (TPSA) is 149 Å². The Kier molecular flexibility index (Phi) is 17.6. The highest BCUT2D eigenvalue weighted by Gasteiger charge is 2.47. The predicted molar refractivity (Wildman–Crippen MR) is 200 cm³/mol. The van der Waals surface area contributed by atoms with E-state index < -0.39 is 72.7 Å². The van der Waals surface area contributed by atoms with Crippen LogP contribution in [0.4, 0.5) is 0 Å². The van der Waals surface area contributed by atoms with Gasteiger partial charge in [-0.3, -0.25) is 14.5 Å². The molecule has 0 aromatic heterocycles. The van der Waals surface area contributed by atoms with Crippen LogP contribution in [0, 0.1) is 36.0 Å². The van der Waals surface area contributed by atoms with Crippen molar-refractivity contribution in [1.29, 1.82) is 0 Å². The third-order valence-corrected chi connectivity index (χ3v) is 10.5. The molecule has 1 aromatic rings. The molecule has 0 aliphatic carbocycles. The smallest absolute Gasteiger partial charge is 0.308 e. The molecule has 3 unspecified atom stereocenters. The average molecular weight is 727 g/mol.